The van der Waals surface area contributed by atoms with Crippen LogP contribution in [0.5, 0.6) is 0 Å². The van der Waals surface area contributed by atoms with Crippen molar-refractivity contribution in [3.05, 3.63) is 12.2 Å². The Bertz CT molecular complexity index is 298. The molecule has 0 spiro atoms. The van der Waals surface area contributed by atoms with E-state index in [0.29, 0.717) is 0 Å². The Morgan fingerprint density at radius 2 is 1.92 bits per heavy atom. The Labute approximate surface area is 99.6 Å². The fraction of sp³-hybridized carbons (Fsp3) is 0.500. The molecule has 0 fully saturated rings. The SMILES string of the molecule is C=C(C)C(=O)NC(C)S(=O)(=O)O.[Na]. The summed E-state index contributed by atoms with van der Waals surface area (Å²) >= 11 is 0. The van der Waals surface area contributed by atoms with Gasteiger partial charge in [0.05, 0.1) is 0 Å². The summed E-state index contributed by atoms with van der Waals surface area (Å²) in [6, 6.07) is 0. The van der Waals surface area contributed by atoms with Crippen LogP contribution in [0.15, 0.2) is 12.2 Å². The monoisotopic (exact) mass is 216 g/mol. The summed E-state index contributed by atoms with van der Waals surface area (Å²) < 4.78 is 29.2. The van der Waals surface area contributed by atoms with Gasteiger partial charge in [-0.2, -0.15) is 8.42 Å². The van der Waals surface area contributed by atoms with Crippen molar-refractivity contribution in [1.29, 1.82) is 0 Å². The molecule has 0 heterocycles. The third kappa shape index (κ3) is 6.23. The Morgan fingerprint density at radius 1 is 1.54 bits per heavy atom. The number of hydrogen-bond acceptors (Lipinski definition) is 3. The van der Waals surface area contributed by atoms with E-state index >= 15 is 0 Å². The van der Waals surface area contributed by atoms with Crippen molar-refractivity contribution < 1.29 is 17.8 Å². The van der Waals surface area contributed by atoms with Gasteiger partial charge in [-0.15, -0.1) is 0 Å². The summed E-state index contributed by atoms with van der Waals surface area (Å²) in [6.45, 7) is 5.90. The molecule has 0 saturated carbocycles. The minimum absolute atomic E-state index is 0. The molecule has 0 aliphatic heterocycles. The third-order valence-corrected chi connectivity index (χ3v) is 2.18. The van der Waals surface area contributed by atoms with Gasteiger partial charge < -0.3 is 5.32 Å². The van der Waals surface area contributed by atoms with Crippen molar-refractivity contribution in [3.8, 4) is 0 Å². The number of hydrogen-bond donors (Lipinski definition) is 2. The van der Waals surface area contributed by atoms with Crippen molar-refractivity contribution in [2.45, 2.75) is 19.2 Å². The zero-order chi connectivity index (χ0) is 9.94. The molecule has 2 N–H and O–H groups in total. The van der Waals surface area contributed by atoms with Gasteiger partial charge >= 0.3 is 0 Å². The standard InChI is InChI=1S/C6H11NO4S.Na/c1-4(2)6(8)7-5(3)12(9,10)11;/h5H,1H2,2-3H3,(H,7,8)(H,9,10,11);. The van der Waals surface area contributed by atoms with Gasteiger partial charge in [-0.1, -0.05) is 6.58 Å². The van der Waals surface area contributed by atoms with Crippen molar-refractivity contribution in [1.82, 2.24) is 5.32 Å². The topological polar surface area (TPSA) is 83.5 Å². The molecule has 0 aromatic carbocycles. The molecule has 0 aliphatic rings. The predicted molar refractivity (Wildman–Crippen MR) is 49.7 cm³/mol. The van der Waals surface area contributed by atoms with Crippen LogP contribution in [-0.4, -0.2) is 53.8 Å². The fourth-order valence-corrected chi connectivity index (χ4v) is 0.638. The molecule has 1 radical (unpaired) electrons. The molecule has 0 aliphatic carbocycles. The van der Waals surface area contributed by atoms with E-state index in [1.165, 1.54) is 6.92 Å². The van der Waals surface area contributed by atoms with E-state index in [-0.39, 0.29) is 35.1 Å². The van der Waals surface area contributed by atoms with Gasteiger partial charge in [0.2, 0.25) is 5.91 Å². The number of nitrogens with one attached hydrogen (secondary N) is 1. The fourth-order valence-electron chi connectivity index (χ4n) is 0.382. The van der Waals surface area contributed by atoms with E-state index in [0.717, 1.165) is 6.92 Å². The summed E-state index contributed by atoms with van der Waals surface area (Å²) in [4.78, 5) is 10.8. The average Bonchev–Trinajstić information content (AvgIpc) is 1.85. The first-order chi connectivity index (χ1) is 5.25. The average molecular weight is 216 g/mol. The van der Waals surface area contributed by atoms with Crippen molar-refractivity contribution in [2.75, 3.05) is 0 Å². The van der Waals surface area contributed by atoms with E-state index in [1.807, 2.05) is 5.32 Å². The van der Waals surface area contributed by atoms with Gasteiger partial charge in [-0.25, -0.2) is 0 Å². The zero-order valence-electron chi connectivity index (χ0n) is 7.86. The van der Waals surface area contributed by atoms with Crippen LogP contribution in [0.1, 0.15) is 13.8 Å². The largest absolute Gasteiger partial charge is 0.334 e. The number of carbonyl (C=O) groups is 1. The van der Waals surface area contributed by atoms with Gasteiger partial charge in [-0.3, -0.25) is 9.35 Å². The second-order valence-corrected chi connectivity index (χ2v) is 4.15. The first-order valence-electron chi connectivity index (χ1n) is 3.18. The Kier molecular flexibility index (Phi) is 6.91. The van der Waals surface area contributed by atoms with Crippen molar-refractivity contribution >= 4 is 45.6 Å². The summed E-state index contributed by atoms with van der Waals surface area (Å²) in [6.07, 6.45) is 0. The van der Waals surface area contributed by atoms with Crippen molar-refractivity contribution in [3.63, 3.8) is 0 Å². The molecule has 0 bridgehead atoms. The van der Waals surface area contributed by atoms with E-state index in [4.69, 9.17) is 4.55 Å². The van der Waals surface area contributed by atoms with E-state index in [9.17, 15) is 13.2 Å². The normalized spacial score (nSPS) is 12.5. The molecule has 0 aromatic rings. The summed E-state index contributed by atoms with van der Waals surface area (Å²) in [5, 5.41) is 0.739. The van der Waals surface area contributed by atoms with Crippen LogP contribution in [0.25, 0.3) is 0 Å². The molecule has 71 valence electrons. The Balaban J connectivity index is 0. The number of carbonyl (C=O) groups excluding carboxylic acids is 1. The van der Waals surface area contributed by atoms with E-state index in [2.05, 4.69) is 6.58 Å². The minimum Gasteiger partial charge on any atom is -0.334 e. The molecule has 5 nitrogen and oxygen atoms in total. The van der Waals surface area contributed by atoms with Crippen LogP contribution in [-0.2, 0) is 14.9 Å². The van der Waals surface area contributed by atoms with Gasteiger partial charge in [-0.05, 0) is 13.8 Å². The first kappa shape index (κ1) is 15.6. The molecule has 7 heteroatoms. The molecule has 0 aromatic heterocycles. The molecule has 0 rings (SSSR count). The van der Waals surface area contributed by atoms with Crippen LogP contribution in [0.3, 0.4) is 0 Å². The number of rotatable bonds is 3. The van der Waals surface area contributed by atoms with Crippen molar-refractivity contribution in [2.24, 2.45) is 0 Å². The summed E-state index contributed by atoms with van der Waals surface area (Å²) in [5.41, 5.74) is 0.186. The zero-order valence-corrected chi connectivity index (χ0v) is 10.7. The molecule has 1 atom stereocenters. The molecule has 13 heavy (non-hydrogen) atoms. The molecule has 1 amide bonds. The Morgan fingerprint density at radius 3 is 2.15 bits per heavy atom. The number of amides is 1. The van der Waals surface area contributed by atoms with Crippen LogP contribution in [0, 0.1) is 0 Å². The smallest absolute Gasteiger partial charge is 0.285 e. The van der Waals surface area contributed by atoms with Crippen LogP contribution < -0.4 is 5.32 Å². The van der Waals surface area contributed by atoms with Gasteiger partial charge in [0.25, 0.3) is 10.1 Å². The first-order valence-corrected chi connectivity index (χ1v) is 4.68. The minimum atomic E-state index is -4.20. The third-order valence-electron chi connectivity index (χ3n) is 1.17. The molecule has 0 saturated heterocycles. The molecular weight excluding hydrogens is 205 g/mol. The molecular formula is C6H11NNaO4S. The second kappa shape index (κ2) is 5.77. The second-order valence-electron chi connectivity index (χ2n) is 2.41. The van der Waals surface area contributed by atoms with Crippen LogP contribution in [0.2, 0.25) is 0 Å². The predicted octanol–water partition coefficient (Wildman–Crippen LogP) is -0.468. The summed E-state index contributed by atoms with van der Waals surface area (Å²) in [7, 11) is -4.20. The maximum absolute atomic E-state index is 10.8. The maximum atomic E-state index is 10.8. The summed E-state index contributed by atoms with van der Waals surface area (Å²) in [5.74, 6) is -0.597. The van der Waals surface area contributed by atoms with E-state index in [1.54, 1.807) is 0 Å². The van der Waals surface area contributed by atoms with Gasteiger partial charge in [0.1, 0.15) is 0 Å². The van der Waals surface area contributed by atoms with Crippen LogP contribution in [0.4, 0.5) is 0 Å². The van der Waals surface area contributed by atoms with E-state index < -0.39 is 21.4 Å². The Hall–Kier alpha value is 0.120. The van der Waals surface area contributed by atoms with Crippen LogP contribution >= 0.6 is 0 Å². The quantitative estimate of drug-likeness (QED) is 0.379. The molecule has 1 unspecified atom stereocenters. The van der Waals surface area contributed by atoms with Gasteiger partial charge in [0, 0.05) is 35.1 Å². The van der Waals surface area contributed by atoms with Gasteiger partial charge in [0.15, 0.2) is 5.37 Å². The maximum Gasteiger partial charge on any atom is 0.285 e.